The van der Waals surface area contributed by atoms with Crippen molar-refractivity contribution in [2.45, 2.75) is 12.2 Å². The molecule has 0 fully saturated rings. The third-order valence-electron chi connectivity index (χ3n) is 5.12. The van der Waals surface area contributed by atoms with Crippen LogP contribution in [0.2, 0.25) is 0 Å². The SMILES string of the molecule is COc1ccc(-c2noc(COC(=O)C(O)(c3ccccc3)c3ccccc3)n2)c(OC)c1. The summed E-state index contributed by atoms with van der Waals surface area (Å²) in [6.45, 7) is -0.313. The molecule has 33 heavy (non-hydrogen) atoms. The lowest BCUT2D eigenvalue weighted by atomic mass is 9.86. The highest BCUT2D eigenvalue weighted by Crippen LogP contribution is 2.33. The van der Waals surface area contributed by atoms with Crippen LogP contribution in [0.4, 0.5) is 0 Å². The molecule has 168 valence electrons. The van der Waals surface area contributed by atoms with Gasteiger partial charge in [0.2, 0.25) is 11.4 Å². The summed E-state index contributed by atoms with van der Waals surface area (Å²) in [6, 6.07) is 22.4. The first-order valence-electron chi connectivity index (χ1n) is 10.1. The standard InChI is InChI=1S/C25H22N2O6/c1-30-19-13-14-20(21(15-19)31-2)23-26-22(33-27-23)16-32-24(28)25(29,17-9-5-3-6-10-17)18-11-7-4-8-12-18/h3-15,29H,16H2,1-2H3. The molecule has 4 aromatic rings. The first-order valence-corrected chi connectivity index (χ1v) is 10.1. The zero-order valence-corrected chi connectivity index (χ0v) is 18.1. The molecule has 3 aromatic carbocycles. The van der Waals surface area contributed by atoms with Crippen LogP contribution in [0, 0.1) is 0 Å². The van der Waals surface area contributed by atoms with Crippen LogP contribution in [0.3, 0.4) is 0 Å². The summed E-state index contributed by atoms with van der Waals surface area (Å²) in [5, 5.41) is 15.4. The van der Waals surface area contributed by atoms with Gasteiger partial charge in [-0.2, -0.15) is 4.98 Å². The molecule has 0 aliphatic carbocycles. The maximum atomic E-state index is 13.1. The van der Waals surface area contributed by atoms with Crippen molar-refractivity contribution in [2.75, 3.05) is 14.2 Å². The van der Waals surface area contributed by atoms with Gasteiger partial charge in [-0.25, -0.2) is 4.79 Å². The zero-order chi connectivity index (χ0) is 23.3. The maximum Gasteiger partial charge on any atom is 0.348 e. The molecule has 0 bridgehead atoms. The summed E-state index contributed by atoms with van der Waals surface area (Å²) in [5.74, 6) is 0.596. The molecule has 0 atom stereocenters. The van der Waals surface area contributed by atoms with E-state index in [2.05, 4.69) is 10.1 Å². The van der Waals surface area contributed by atoms with Crippen molar-refractivity contribution < 1.29 is 28.6 Å². The number of rotatable bonds is 8. The van der Waals surface area contributed by atoms with E-state index in [1.54, 1.807) is 86.0 Å². The number of carbonyl (C=O) groups is 1. The summed E-state index contributed by atoms with van der Waals surface area (Å²) >= 11 is 0. The van der Waals surface area contributed by atoms with Crippen LogP contribution < -0.4 is 9.47 Å². The number of hydrogen-bond acceptors (Lipinski definition) is 8. The number of methoxy groups -OCH3 is 2. The maximum absolute atomic E-state index is 13.1. The van der Waals surface area contributed by atoms with Crippen LogP contribution in [0.1, 0.15) is 17.0 Å². The molecule has 1 N–H and O–H groups in total. The molecule has 0 radical (unpaired) electrons. The number of esters is 1. The van der Waals surface area contributed by atoms with Crippen molar-refractivity contribution in [1.82, 2.24) is 10.1 Å². The molecule has 8 nitrogen and oxygen atoms in total. The molecule has 1 heterocycles. The third-order valence-corrected chi connectivity index (χ3v) is 5.12. The van der Waals surface area contributed by atoms with Crippen LogP contribution in [0.5, 0.6) is 11.5 Å². The average molecular weight is 446 g/mol. The van der Waals surface area contributed by atoms with Gasteiger partial charge >= 0.3 is 5.97 Å². The first kappa shape index (κ1) is 22.0. The molecule has 4 rings (SSSR count). The second-order valence-corrected chi connectivity index (χ2v) is 7.10. The second-order valence-electron chi connectivity index (χ2n) is 7.10. The third kappa shape index (κ3) is 4.42. The fourth-order valence-electron chi connectivity index (χ4n) is 3.40. The van der Waals surface area contributed by atoms with Gasteiger partial charge in [-0.3, -0.25) is 0 Å². The molecule has 8 heteroatoms. The molecular formula is C25H22N2O6. The van der Waals surface area contributed by atoms with Crippen LogP contribution in [0.25, 0.3) is 11.4 Å². The normalized spacial score (nSPS) is 11.1. The second kappa shape index (κ2) is 9.54. The van der Waals surface area contributed by atoms with Gasteiger partial charge in [0, 0.05) is 6.07 Å². The van der Waals surface area contributed by atoms with E-state index >= 15 is 0 Å². The quantitative estimate of drug-likeness (QED) is 0.408. The van der Waals surface area contributed by atoms with E-state index in [0.29, 0.717) is 28.2 Å². The summed E-state index contributed by atoms with van der Waals surface area (Å²) in [7, 11) is 3.08. The lowest BCUT2D eigenvalue weighted by Gasteiger charge is -2.26. The Morgan fingerprint density at radius 2 is 1.58 bits per heavy atom. The highest BCUT2D eigenvalue weighted by Gasteiger charge is 2.41. The van der Waals surface area contributed by atoms with Crippen LogP contribution in [-0.2, 0) is 21.7 Å². The Bertz CT molecular complexity index is 1180. The van der Waals surface area contributed by atoms with Crippen molar-refractivity contribution in [3.05, 3.63) is 95.9 Å². The zero-order valence-electron chi connectivity index (χ0n) is 18.1. The predicted molar refractivity (Wildman–Crippen MR) is 119 cm³/mol. The minimum Gasteiger partial charge on any atom is -0.497 e. The number of hydrogen-bond donors (Lipinski definition) is 1. The summed E-state index contributed by atoms with van der Waals surface area (Å²) < 4.78 is 21.2. The van der Waals surface area contributed by atoms with Gasteiger partial charge in [0.15, 0.2) is 6.61 Å². The van der Waals surface area contributed by atoms with Crippen LogP contribution >= 0.6 is 0 Å². The Balaban J connectivity index is 1.56. The van der Waals surface area contributed by atoms with Crippen molar-refractivity contribution in [2.24, 2.45) is 0 Å². The lowest BCUT2D eigenvalue weighted by Crippen LogP contribution is -2.38. The Morgan fingerprint density at radius 3 is 2.15 bits per heavy atom. The minimum absolute atomic E-state index is 0.0692. The predicted octanol–water partition coefficient (Wildman–Crippen LogP) is 3.73. The number of benzene rings is 3. The number of nitrogens with zero attached hydrogens (tertiary/aromatic N) is 2. The van der Waals surface area contributed by atoms with Gasteiger partial charge in [0.05, 0.1) is 19.8 Å². The molecule has 0 spiro atoms. The number of aliphatic hydroxyl groups is 1. The van der Waals surface area contributed by atoms with Crippen molar-refractivity contribution >= 4 is 5.97 Å². The summed E-state index contributed by atoms with van der Waals surface area (Å²) in [6.07, 6.45) is 0. The Hall–Kier alpha value is -4.17. The van der Waals surface area contributed by atoms with Crippen molar-refractivity contribution in [3.8, 4) is 22.9 Å². The lowest BCUT2D eigenvalue weighted by molar-refractivity contribution is -0.164. The average Bonchev–Trinajstić information content (AvgIpc) is 3.36. The van der Waals surface area contributed by atoms with Crippen molar-refractivity contribution in [3.63, 3.8) is 0 Å². The number of carbonyl (C=O) groups excluding carboxylic acids is 1. The van der Waals surface area contributed by atoms with Gasteiger partial charge < -0.3 is 23.8 Å². The number of ether oxygens (including phenoxy) is 3. The molecule has 0 amide bonds. The van der Waals surface area contributed by atoms with Gasteiger partial charge in [-0.1, -0.05) is 65.8 Å². The fraction of sp³-hybridized carbons (Fsp3) is 0.160. The van der Waals surface area contributed by atoms with E-state index in [4.69, 9.17) is 18.7 Å². The number of aromatic nitrogens is 2. The van der Waals surface area contributed by atoms with Gasteiger partial charge in [0.1, 0.15) is 11.5 Å². The molecule has 0 aliphatic rings. The highest BCUT2D eigenvalue weighted by molar-refractivity contribution is 5.85. The fourth-order valence-corrected chi connectivity index (χ4v) is 3.40. The van der Waals surface area contributed by atoms with Gasteiger partial charge in [0.25, 0.3) is 5.89 Å². The van der Waals surface area contributed by atoms with Gasteiger partial charge in [-0.15, -0.1) is 0 Å². The summed E-state index contributed by atoms with van der Waals surface area (Å²) in [4.78, 5) is 17.4. The molecule has 0 unspecified atom stereocenters. The van der Waals surface area contributed by atoms with Crippen molar-refractivity contribution in [1.29, 1.82) is 0 Å². The smallest absolute Gasteiger partial charge is 0.348 e. The Labute approximate surface area is 190 Å². The largest absolute Gasteiger partial charge is 0.497 e. The Kier molecular flexibility index (Phi) is 6.37. The minimum atomic E-state index is -2.00. The molecule has 0 saturated carbocycles. The Morgan fingerprint density at radius 1 is 0.939 bits per heavy atom. The van der Waals surface area contributed by atoms with E-state index in [1.165, 1.54) is 7.11 Å². The van der Waals surface area contributed by atoms with E-state index < -0.39 is 11.6 Å². The molecule has 0 saturated heterocycles. The highest BCUT2D eigenvalue weighted by atomic mass is 16.6. The van der Waals surface area contributed by atoms with E-state index in [9.17, 15) is 9.90 Å². The monoisotopic (exact) mass is 446 g/mol. The van der Waals surface area contributed by atoms with E-state index in [0.717, 1.165) is 0 Å². The molecular weight excluding hydrogens is 424 g/mol. The van der Waals surface area contributed by atoms with Crippen LogP contribution in [0.15, 0.2) is 83.4 Å². The van der Waals surface area contributed by atoms with Gasteiger partial charge in [-0.05, 0) is 23.3 Å². The summed E-state index contributed by atoms with van der Waals surface area (Å²) in [5.41, 5.74) is -0.639. The van der Waals surface area contributed by atoms with E-state index in [1.807, 2.05) is 0 Å². The van der Waals surface area contributed by atoms with E-state index in [-0.39, 0.29) is 18.3 Å². The molecule has 1 aromatic heterocycles. The molecule has 0 aliphatic heterocycles. The topological polar surface area (TPSA) is 104 Å². The first-order chi connectivity index (χ1) is 16.1. The van der Waals surface area contributed by atoms with Crippen LogP contribution in [-0.4, -0.2) is 35.4 Å².